The molecule has 1 amide bonds. The average Bonchev–Trinajstić information content (AvgIpc) is 2.75. The quantitative estimate of drug-likeness (QED) is 0.780. The van der Waals surface area contributed by atoms with Crippen LogP contribution in [0.15, 0.2) is 36.2 Å². The van der Waals surface area contributed by atoms with Gasteiger partial charge < -0.3 is 20.7 Å². The van der Waals surface area contributed by atoms with Crippen LogP contribution in [0.5, 0.6) is 0 Å². The molecule has 0 radical (unpaired) electrons. The van der Waals surface area contributed by atoms with Crippen molar-refractivity contribution in [2.24, 2.45) is 5.73 Å². The maximum absolute atomic E-state index is 11.8. The molecule has 2 saturated heterocycles. The van der Waals surface area contributed by atoms with E-state index in [-0.39, 0.29) is 18.2 Å². The van der Waals surface area contributed by atoms with Crippen molar-refractivity contribution in [2.45, 2.75) is 50.7 Å². The molecule has 3 atom stereocenters. The molecule has 0 aromatic heterocycles. The highest BCUT2D eigenvalue weighted by Crippen LogP contribution is 2.36. The van der Waals surface area contributed by atoms with Gasteiger partial charge in [0.05, 0.1) is 18.5 Å². The molecular formula is C16H25N3O2. The summed E-state index contributed by atoms with van der Waals surface area (Å²) in [5.74, 6) is 0. The first-order chi connectivity index (χ1) is 10.1. The van der Waals surface area contributed by atoms with E-state index in [4.69, 9.17) is 10.5 Å². The molecule has 0 saturated carbocycles. The second kappa shape index (κ2) is 6.70. The van der Waals surface area contributed by atoms with E-state index in [0.717, 1.165) is 31.4 Å². The molecule has 0 spiro atoms. The number of hydrogen-bond acceptors (Lipinski definition) is 4. The van der Waals surface area contributed by atoms with Crippen molar-refractivity contribution in [3.63, 3.8) is 0 Å². The second-order valence-electron chi connectivity index (χ2n) is 5.65. The number of allylic oxidation sites excluding steroid dienone is 3. The highest BCUT2D eigenvalue weighted by Gasteiger charge is 2.43. The normalized spacial score (nSPS) is 29.2. The fraction of sp³-hybridized carbons (Fsp3) is 0.562. The lowest BCUT2D eigenvalue weighted by Crippen LogP contribution is -2.51. The van der Waals surface area contributed by atoms with Gasteiger partial charge in [-0.05, 0) is 44.8 Å². The van der Waals surface area contributed by atoms with Gasteiger partial charge in [-0.25, -0.2) is 4.79 Å². The fourth-order valence-corrected chi connectivity index (χ4v) is 3.45. The van der Waals surface area contributed by atoms with E-state index in [9.17, 15) is 4.79 Å². The van der Waals surface area contributed by atoms with E-state index in [1.165, 1.54) is 7.11 Å². The van der Waals surface area contributed by atoms with Crippen LogP contribution < -0.4 is 11.1 Å². The molecule has 2 aliphatic rings. The number of hydrogen-bond donors (Lipinski definition) is 2. The van der Waals surface area contributed by atoms with Crippen molar-refractivity contribution < 1.29 is 9.53 Å². The molecular weight excluding hydrogens is 266 g/mol. The fourth-order valence-electron chi connectivity index (χ4n) is 3.45. The Kier molecular flexibility index (Phi) is 4.94. The molecule has 2 unspecified atom stereocenters. The second-order valence-corrected chi connectivity index (χ2v) is 5.65. The number of methoxy groups -OCH3 is 1. The van der Waals surface area contributed by atoms with Crippen molar-refractivity contribution in [3.8, 4) is 0 Å². The number of nitrogens with zero attached hydrogens (tertiary/aromatic N) is 1. The van der Waals surface area contributed by atoms with E-state index >= 15 is 0 Å². The Labute approximate surface area is 126 Å². The SMILES string of the molecule is C=C/C(NC1CC2CC[C@@H](C1)N2C(=O)OC)=C(N)\C=C/C. The third-order valence-electron chi connectivity index (χ3n) is 4.34. The van der Waals surface area contributed by atoms with Crippen LogP contribution in [0.1, 0.15) is 32.6 Å². The largest absolute Gasteiger partial charge is 0.453 e. The molecule has 116 valence electrons. The lowest BCUT2D eigenvalue weighted by molar-refractivity contribution is 0.0786. The van der Waals surface area contributed by atoms with E-state index in [2.05, 4.69) is 11.9 Å². The smallest absolute Gasteiger partial charge is 0.409 e. The maximum Gasteiger partial charge on any atom is 0.409 e. The Balaban J connectivity index is 2.05. The zero-order valence-electron chi connectivity index (χ0n) is 12.8. The van der Waals surface area contributed by atoms with Gasteiger partial charge in [0, 0.05) is 18.1 Å². The molecule has 21 heavy (non-hydrogen) atoms. The minimum absolute atomic E-state index is 0.200. The highest BCUT2D eigenvalue weighted by molar-refractivity contribution is 5.69. The molecule has 2 aliphatic heterocycles. The molecule has 0 aromatic rings. The van der Waals surface area contributed by atoms with Crippen LogP contribution in [-0.4, -0.2) is 36.2 Å². The molecule has 2 fully saturated rings. The topological polar surface area (TPSA) is 67.6 Å². The van der Waals surface area contributed by atoms with E-state index in [1.807, 2.05) is 24.0 Å². The Hall–Kier alpha value is -1.91. The summed E-state index contributed by atoms with van der Waals surface area (Å²) in [6, 6.07) is 0.852. The maximum atomic E-state index is 11.8. The van der Waals surface area contributed by atoms with E-state index < -0.39 is 0 Å². The van der Waals surface area contributed by atoms with Crippen LogP contribution in [0.3, 0.4) is 0 Å². The minimum Gasteiger partial charge on any atom is -0.453 e. The van der Waals surface area contributed by atoms with E-state index in [0.29, 0.717) is 11.7 Å². The Morgan fingerprint density at radius 3 is 2.48 bits per heavy atom. The number of fused-ring (bicyclic) bond motifs is 2. The Morgan fingerprint density at radius 1 is 1.38 bits per heavy atom. The molecule has 5 nitrogen and oxygen atoms in total. The first kappa shape index (κ1) is 15.5. The van der Waals surface area contributed by atoms with Gasteiger partial charge >= 0.3 is 6.09 Å². The van der Waals surface area contributed by atoms with Gasteiger partial charge in [0.2, 0.25) is 0 Å². The molecule has 3 N–H and O–H groups in total. The summed E-state index contributed by atoms with van der Waals surface area (Å²) in [4.78, 5) is 13.7. The van der Waals surface area contributed by atoms with Crippen molar-refractivity contribution in [2.75, 3.05) is 7.11 Å². The molecule has 2 heterocycles. The number of ether oxygens (including phenoxy) is 1. The Morgan fingerprint density at radius 2 is 2.00 bits per heavy atom. The van der Waals surface area contributed by atoms with Crippen LogP contribution in [0.25, 0.3) is 0 Å². The van der Waals surface area contributed by atoms with Gasteiger partial charge in [0.15, 0.2) is 0 Å². The highest BCUT2D eigenvalue weighted by atomic mass is 16.5. The van der Waals surface area contributed by atoms with Gasteiger partial charge in [-0.3, -0.25) is 0 Å². The third-order valence-corrected chi connectivity index (χ3v) is 4.34. The van der Waals surface area contributed by atoms with Crippen molar-refractivity contribution >= 4 is 6.09 Å². The average molecular weight is 291 g/mol. The monoisotopic (exact) mass is 291 g/mol. The van der Waals surface area contributed by atoms with Gasteiger partial charge in [0.1, 0.15) is 0 Å². The van der Waals surface area contributed by atoms with E-state index in [1.54, 1.807) is 6.08 Å². The lowest BCUT2D eigenvalue weighted by atomic mass is 9.97. The number of nitrogens with two attached hydrogens (primary N) is 1. The summed E-state index contributed by atoms with van der Waals surface area (Å²) in [7, 11) is 1.45. The number of rotatable bonds is 4. The zero-order valence-corrected chi connectivity index (χ0v) is 12.8. The van der Waals surface area contributed by atoms with Crippen molar-refractivity contribution in [3.05, 3.63) is 36.2 Å². The van der Waals surface area contributed by atoms with Crippen LogP contribution in [0.4, 0.5) is 4.79 Å². The third kappa shape index (κ3) is 3.23. The predicted octanol–water partition coefficient (Wildman–Crippen LogP) is 2.27. The van der Waals surface area contributed by atoms with Gasteiger partial charge in [0.25, 0.3) is 0 Å². The Bertz CT molecular complexity index is 456. The molecule has 2 rings (SSSR count). The number of carbonyl (C=O) groups is 1. The first-order valence-corrected chi connectivity index (χ1v) is 7.48. The number of amides is 1. The number of carbonyl (C=O) groups excluding carboxylic acids is 1. The standard InChI is InChI=1S/C16H25N3O2/c1-4-6-14(17)15(5-2)18-11-9-12-7-8-13(10-11)19(12)16(20)21-3/h4-6,11-13,18H,2,7-10,17H2,1,3H3/b6-4-,15-14-/t11?,12-,13?/m0/s1. The minimum atomic E-state index is -0.200. The van der Waals surface area contributed by atoms with Crippen LogP contribution in [0, 0.1) is 0 Å². The van der Waals surface area contributed by atoms with Crippen LogP contribution in [-0.2, 0) is 4.74 Å². The summed E-state index contributed by atoms with van der Waals surface area (Å²) < 4.78 is 4.89. The van der Waals surface area contributed by atoms with Gasteiger partial charge in [-0.15, -0.1) is 0 Å². The lowest BCUT2D eigenvalue weighted by Gasteiger charge is -2.38. The summed E-state index contributed by atoms with van der Waals surface area (Å²) >= 11 is 0. The van der Waals surface area contributed by atoms with Crippen LogP contribution >= 0.6 is 0 Å². The number of piperidine rings is 1. The summed E-state index contributed by atoms with van der Waals surface area (Å²) in [5.41, 5.74) is 7.57. The number of nitrogens with one attached hydrogen (secondary N) is 1. The molecule has 5 heteroatoms. The molecule has 2 bridgehead atoms. The van der Waals surface area contributed by atoms with Gasteiger partial charge in [-0.2, -0.15) is 0 Å². The summed E-state index contributed by atoms with van der Waals surface area (Å²) in [6.07, 6.45) is 9.27. The molecule has 0 aliphatic carbocycles. The predicted molar refractivity (Wildman–Crippen MR) is 83.4 cm³/mol. The zero-order chi connectivity index (χ0) is 15.4. The summed E-state index contributed by atoms with van der Waals surface area (Å²) in [6.45, 7) is 5.75. The van der Waals surface area contributed by atoms with Crippen LogP contribution in [0.2, 0.25) is 0 Å². The first-order valence-electron chi connectivity index (χ1n) is 7.48. The van der Waals surface area contributed by atoms with Crippen molar-refractivity contribution in [1.29, 1.82) is 0 Å². The molecule has 0 aromatic carbocycles. The summed E-state index contributed by atoms with van der Waals surface area (Å²) in [5, 5.41) is 3.48. The van der Waals surface area contributed by atoms with Crippen molar-refractivity contribution in [1.82, 2.24) is 10.2 Å². The van der Waals surface area contributed by atoms with Gasteiger partial charge in [-0.1, -0.05) is 12.7 Å².